The van der Waals surface area contributed by atoms with Crippen LogP contribution in [0.3, 0.4) is 0 Å². The molecule has 0 spiro atoms. The standard InChI is InChI=1S/C22H18N2O3S/c1-14-19-21(28-20(14)15-7-3-2-4-8-15)23-13-24(22(19)25)11-16-12-26-17-9-5-6-10-18(17)27-16/h2-10,13,16H,11-12H2,1H3. The fourth-order valence-corrected chi connectivity index (χ4v) is 4.67. The monoisotopic (exact) mass is 390 g/mol. The molecule has 2 aromatic heterocycles. The van der Waals surface area contributed by atoms with Crippen molar-refractivity contribution >= 4 is 21.6 Å². The third-order valence-corrected chi connectivity index (χ3v) is 6.17. The Morgan fingerprint density at radius 3 is 2.68 bits per heavy atom. The molecule has 0 amide bonds. The van der Waals surface area contributed by atoms with E-state index in [2.05, 4.69) is 17.1 Å². The van der Waals surface area contributed by atoms with Crippen LogP contribution >= 0.6 is 11.3 Å². The normalized spacial score (nSPS) is 15.7. The molecule has 5 rings (SSSR count). The minimum atomic E-state index is -0.237. The van der Waals surface area contributed by atoms with Crippen molar-refractivity contribution in [2.24, 2.45) is 0 Å². The molecule has 6 heteroatoms. The van der Waals surface area contributed by atoms with E-state index in [0.717, 1.165) is 26.6 Å². The smallest absolute Gasteiger partial charge is 0.262 e. The lowest BCUT2D eigenvalue weighted by Crippen LogP contribution is -2.36. The van der Waals surface area contributed by atoms with Crippen LogP contribution in [0.4, 0.5) is 0 Å². The van der Waals surface area contributed by atoms with Gasteiger partial charge in [-0.2, -0.15) is 0 Å². The lowest BCUT2D eigenvalue weighted by Gasteiger charge is -2.26. The average molecular weight is 390 g/mol. The van der Waals surface area contributed by atoms with E-state index in [9.17, 15) is 4.79 Å². The number of para-hydroxylation sites is 2. The zero-order valence-corrected chi connectivity index (χ0v) is 16.1. The Morgan fingerprint density at radius 1 is 1.11 bits per heavy atom. The summed E-state index contributed by atoms with van der Waals surface area (Å²) >= 11 is 1.56. The average Bonchev–Trinajstić information content (AvgIpc) is 3.08. The molecule has 0 radical (unpaired) electrons. The lowest BCUT2D eigenvalue weighted by molar-refractivity contribution is 0.0777. The highest BCUT2D eigenvalue weighted by molar-refractivity contribution is 7.22. The molecule has 2 aromatic carbocycles. The zero-order valence-electron chi connectivity index (χ0n) is 15.3. The molecular weight excluding hydrogens is 372 g/mol. The summed E-state index contributed by atoms with van der Waals surface area (Å²) in [6.07, 6.45) is 1.37. The van der Waals surface area contributed by atoms with E-state index in [1.165, 1.54) is 0 Å². The predicted molar refractivity (Wildman–Crippen MR) is 110 cm³/mol. The molecule has 0 fully saturated rings. The summed E-state index contributed by atoms with van der Waals surface area (Å²) in [5.74, 6) is 1.44. The minimum absolute atomic E-state index is 0.0385. The van der Waals surface area contributed by atoms with E-state index < -0.39 is 0 Å². The Bertz CT molecular complexity index is 1210. The van der Waals surface area contributed by atoms with Crippen LogP contribution < -0.4 is 15.0 Å². The van der Waals surface area contributed by atoms with Gasteiger partial charge in [-0.3, -0.25) is 9.36 Å². The fourth-order valence-electron chi connectivity index (χ4n) is 3.53. The van der Waals surface area contributed by atoms with Gasteiger partial charge in [0, 0.05) is 4.88 Å². The Kier molecular flexibility index (Phi) is 4.13. The van der Waals surface area contributed by atoms with Crippen molar-refractivity contribution in [3.63, 3.8) is 0 Å². The van der Waals surface area contributed by atoms with Gasteiger partial charge < -0.3 is 9.47 Å². The molecular formula is C22H18N2O3S. The molecule has 0 saturated carbocycles. The second-order valence-corrected chi connectivity index (χ2v) is 7.80. The summed E-state index contributed by atoms with van der Waals surface area (Å²) in [7, 11) is 0. The number of aromatic nitrogens is 2. The SMILES string of the molecule is Cc1c(-c2ccccc2)sc2ncn(CC3COc4ccccc4O3)c(=O)c12. The van der Waals surface area contributed by atoms with Gasteiger partial charge in [-0.1, -0.05) is 42.5 Å². The Morgan fingerprint density at radius 2 is 1.86 bits per heavy atom. The molecule has 3 heterocycles. The maximum atomic E-state index is 13.1. The van der Waals surface area contributed by atoms with E-state index in [4.69, 9.17) is 9.47 Å². The van der Waals surface area contributed by atoms with Crippen molar-refractivity contribution in [3.05, 3.63) is 76.8 Å². The summed E-state index contributed by atoms with van der Waals surface area (Å²) in [5, 5.41) is 0.684. The topological polar surface area (TPSA) is 53.4 Å². The second-order valence-electron chi connectivity index (χ2n) is 6.80. The molecule has 140 valence electrons. The van der Waals surface area contributed by atoms with Crippen LogP contribution in [0.1, 0.15) is 5.56 Å². The molecule has 0 aliphatic carbocycles. The van der Waals surface area contributed by atoms with Crippen molar-refractivity contribution in [1.29, 1.82) is 0 Å². The van der Waals surface area contributed by atoms with Gasteiger partial charge in [0.05, 0.1) is 18.3 Å². The quantitative estimate of drug-likeness (QED) is 0.524. The number of nitrogens with zero attached hydrogens (tertiary/aromatic N) is 2. The molecule has 1 unspecified atom stereocenters. The first-order valence-electron chi connectivity index (χ1n) is 9.13. The van der Waals surface area contributed by atoms with Crippen LogP contribution in [0.5, 0.6) is 11.5 Å². The van der Waals surface area contributed by atoms with Crippen molar-refractivity contribution in [3.8, 4) is 21.9 Å². The fraction of sp³-hybridized carbons (Fsp3) is 0.182. The van der Waals surface area contributed by atoms with Gasteiger partial charge in [0.2, 0.25) is 0 Å². The van der Waals surface area contributed by atoms with E-state index in [-0.39, 0.29) is 11.7 Å². The Hall–Kier alpha value is -3.12. The number of fused-ring (bicyclic) bond motifs is 2. The molecule has 1 aliphatic rings. The van der Waals surface area contributed by atoms with E-state index in [0.29, 0.717) is 24.3 Å². The summed E-state index contributed by atoms with van der Waals surface area (Å²) in [4.78, 5) is 19.5. The first-order valence-corrected chi connectivity index (χ1v) is 9.95. The van der Waals surface area contributed by atoms with Gasteiger partial charge in [0.25, 0.3) is 5.56 Å². The highest BCUT2D eigenvalue weighted by atomic mass is 32.1. The van der Waals surface area contributed by atoms with Gasteiger partial charge >= 0.3 is 0 Å². The first-order chi connectivity index (χ1) is 13.7. The van der Waals surface area contributed by atoms with Gasteiger partial charge in [0.15, 0.2) is 17.6 Å². The van der Waals surface area contributed by atoms with Crippen LogP contribution in [0.25, 0.3) is 20.7 Å². The summed E-state index contributed by atoms with van der Waals surface area (Å²) < 4.78 is 13.4. The largest absolute Gasteiger partial charge is 0.486 e. The zero-order chi connectivity index (χ0) is 19.1. The number of ether oxygens (including phenoxy) is 2. The molecule has 0 saturated heterocycles. The number of hydrogen-bond acceptors (Lipinski definition) is 5. The minimum Gasteiger partial charge on any atom is -0.486 e. The van der Waals surface area contributed by atoms with E-state index in [1.54, 1.807) is 22.2 Å². The van der Waals surface area contributed by atoms with Crippen LogP contribution in [0.15, 0.2) is 65.7 Å². The van der Waals surface area contributed by atoms with Crippen molar-refractivity contribution in [1.82, 2.24) is 9.55 Å². The Balaban J connectivity index is 1.49. The number of hydrogen-bond donors (Lipinski definition) is 0. The molecule has 0 N–H and O–H groups in total. The number of rotatable bonds is 3. The lowest BCUT2D eigenvalue weighted by atomic mass is 10.1. The van der Waals surface area contributed by atoms with Gasteiger partial charge in [-0.25, -0.2) is 4.98 Å². The van der Waals surface area contributed by atoms with Crippen LogP contribution in [-0.2, 0) is 6.54 Å². The molecule has 5 nitrogen and oxygen atoms in total. The molecule has 4 aromatic rings. The maximum Gasteiger partial charge on any atom is 0.262 e. The van der Waals surface area contributed by atoms with E-state index in [1.807, 2.05) is 49.4 Å². The van der Waals surface area contributed by atoms with Crippen molar-refractivity contribution in [2.75, 3.05) is 6.61 Å². The summed E-state index contributed by atoms with van der Waals surface area (Å²) in [6, 6.07) is 17.7. The molecule has 1 aliphatic heterocycles. The highest BCUT2D eigenvalue weighted by Crippen LogP contribution is 2.35. The number of benzene rings is 2. The highest BCUT2D eigenvalue weighted by Gasteiger charge is 2.23. The summed E-state index contributed by atoms with van der Waals surface area (Å²) in [5.41, 5.74) is 2.04. The summed E-state index contributed by atoms with van der Waals surface area (Å²) in [6.45, 7) is 2.79. The van der Waals surface area contributed by atoms with Crippen LogP contribution in [0.2, 0.25) is 0 Å². The number of thiophene rings is 1. The van der Waals surface area contributed by atoms with E-state index >= 15 is 0 Å². The van der Waals surface area contributed by atoms with Crippen LogP contribution in [0, 0.1) is 6.92 Å². The molecule has 28 heavy (non-hydrogen) atoms. The predicted octanol–water partition coefficient (Wildman–Crippen LogP) is 4.27. The third kappa shape index (κ3) is 2.86. The van der Waals surface area contributed by atoms with Gasteiger partial charge in [0.1, 0.15) is 11.4 Å². The third-order valence-electron chi connectivity index (χ3n) is 4.92. The first kappa shape index (κ1) is 17.0. The second kappa shape index (κ2) is 6.80. The van der Waals surface area contributed by atoms with Crippen LogP contribution in [-0.4, -0.2) is 22.3 Å². The van der Waals surface area contributed by atoms with Crippen molar-refractivity contribution in [2.45, 2.75) is 19.6 Å². The Labute approximate surface area is 165 Å². The molecule has 0 bridgehead atoms. The number of aryl methyl sites for hydroxylation is 1. The van der Waals surface area contributed by atoms with Gasteiger partial charge in [-0.15, -0.1) is 11.3 Å². The van der Waals surface area contributed by atoms with Gasteiger partial charge in [-0.05, 0) is 30.2 Å². The molecule has 1 atom stereocenters. The van der Waals surface area contributed by atoms with Crippen molar-refractivity contribution < 1.29 is 9.47 Å². The maximum absolute atomic E-state index is 13.1.